The number of amides is 2. The highest BCUT2D eigenvalue weighted by molar-refractivity contribution is 5.74. The molecule has 2 saturated heterocycles. The van der Waals surface area contributed by atoms with Crippen LogP contribution in [0.15, 0.2) is 0 Å². The zero-order valence-corrected chi connectivity index (χ0v) is 13.1. The third-order valence-corrected chi connectivity index (χ3v) is 4.58. The number of rotatable bonds is 4. The SMILES string of the molecule is CCCN(CC1CCNCC1)C(=O)N1CCCCCC1. The molecule has 2 fully saturated rings. The predicted molar refractivity (Wildman–Crippen MR) is 82.9 cm³/mol. The molecular weight excluding hydrogens is 250 g/mol. The van der Waals surface area contributed by atoms with Gasteiger partial charge in [-0.2, -0.15) is 0 Å². The van der Waals surface area contributed by atoms with E-state index in [2.05, 4.69) is 22.0 Å². The van der Waals surface area contributed by atoms with Crippen molar-refractivity contribution >= 4 is 6.03 Å². The van der Waals surface area contributed by atoms with E-state index in [0.29, 0.717) is 11.9 Å². The summed E-state index contributed by atoms with van der Waals surface area (Å²) in [6, 6.07) is 0.298. The van der Waals surface area contributed by atoms with Crippen LogP contribution in [0.1, 0.15) is 51.9 Å². The van der Waals surface area contributed by atoms with Gasteiger partial charge in [0.05, 0.1) is 0 Å². The van der Waals surface area contributed by atoms with E-state index >= 15 is 0 Å². The number of likely N-dealkylation sites (tertiary alicyclic amines) is 1. The molecule has 20 heavy (non-hydrogen) atoms. The summed E-state index contributed by atoms with van der Waals surface area (Å²) in [5.41, 5.74) is 0. The molecule has 1 N–H and O–H groups in total. The Morgan fingerprint density at radius 3 is 2.40 bits per heavy atom. The zero-order chi connectivity index (χ0) is 14.2. The van der Waals surface area contributed by atoms with E-state index in [1.54, 1.807) is 0 Å². The van der Waals surface area contributed by atoms with E-state index in [0.717, 1.165) is 45.7 Å². The third-order valence-electron chi connectivity index (χ3n) is 4.58. The Labute approximate surface area is 123 Å². The number of nitrogens with one attached hydrogen (secondary N) is 1. The van der Waals surface area contributed by atoms with Crippen molar-refractivity contribution in [1.82, 2.24) is 15.1 Å². The van der Waals surface area contributed by atoms with Gasteiger partial charge in [0.25, 0.3) is 0 Å². The highest BCUT2D eigenvalue weighted by Crippen LogP contribution is 2.17. The number of hydrogen-bond acceptors (Lipinski definition) is 2. The fourth-order valence-electron chi connectivity index (χ4n) is 3.37. The molecule has 2 aliphatic heterocycles. The van der Waals surface area contributed by atoms with Gasteiger partial charge in [0.15, 0.2) is 0 Å². The Kier molecular flexibility index (Phi) is 6.64. The smallest absolute Gasteiger partial charge is 0.320 e. The summed E-state index contributed by atoms with van der Waals surface area (Å²) < 4.78 is 0. The molecule has 0 aromatic rings. The first kappa shape index (κ1) is 15.6. The van der Waals surface area contributed by atoms with Crippen LogP contribution in [0.4, 0.5) is 4.79 Å². The predicted octanol–water partition coefficient (Wildman–Crippen LogP) is 2.69. The van der Waals surface area contributed by atoms with Gasteiger partial charge in [-0.1, -0.05) is 19.8 Å². The van der Waals surface area contributed by atoms with Gasteiger partial charge in [0, 0.05) is 26.2 Å². The van der Waals surface area contributed by atoms with Gasteiger partial charge in [0.1, 0.15) is 0 Å². The molecule has 2 aliphatic rings. The van der Waals surface area contributed by atoms with Crippen molar-refractivity contribution in [2.45, 2.75) is 51.9 Å². The Morgan fingerprint density at radius 1 is 1.15 bits per heavy atom. The summed E-state index contributed by atoms with van der Waals surface area (Å²) >= 11 is 0. The fraction of sp³-hybridized carbons (Fsp3) is 0.938. The van der Waals surface area contributed by atoms with E-state index in [9.17, 15) is 4.79 Å². The molecule has 0 aromatic carbocycles. The molecule has 0 atom stereocenters. The second kappa shape index (κ2) is 8.50. The summed E-state index contributed by atoms with van der Waals surface area (Å²) in [6.07, 6.45) is 8.42. The number of piperidine rings is 1. The molecule has 0 bridgehead atoms. The molecule has 0 radical (unpaired) electrons. The molecule has 0 aliphatic carbocycles. The summed E-state index contributed by atoms with van der Waals surface area (Å²) in [6.45, 7) is 8.21. The van der Waals surface area contributed by atoms with Crippen LogP contribution < -0.4 is 5.32 Å². The lowest BCUT2D eigenvalue weighted by molar-refractivity contribution is 0.141. The second-order valence-corrected chi connectivity index (χ2v) is 6.32. The van der Waals surface area contributed by atoms with Crippen molar-refractivity contribution in [3.63, 3.8) is 0 Å². The van der Waals surface area contributed by atoms with Crippen LogP contribution in [0.2, 0.25) is 0 Å². The summed E-state index contributed by atoms with van der Waals surface area (Å²) in [5.74, 6) is 0.693. The molecule has 4 nitrogen and oxygen atoms in total. The van der Waals surface area contributed by atoms with E-state index in [4.69, 9.17) is 0 Å². The van der Waals surface area contributed by atoms with Gasteiger partial charge in [-0.25, -0.2) is 4.79 Å². The van der Waals surface area contributed by atoms with Crippen LogP contribution >= 0.6 is 0 Å². The maximum atomic E-state index is 12.8. The van der Waals surface area contributed by atoms with Crippen LogP contribution in [-0.4, -0.2) is 55.1 Å². The quantitative estimate of drug-likeness (QED) is 0.860. The Balaban J connectivity index is 1.89. The third kappa shape index (κ3) is 4.65. The number of urea groups is 1. The van der Waals surface area contributed by atoms with E-state index in [-0.39, 0.29) is 0 Å². The molecular formula is C16H31N3O. The Bertz CT molecular complexity index is 281. The number of carbonyl (C=O) groups excluding carboxylic acids is 1. The Hall–Kier alpha value is -0.770. The lowest BCUT2D eigenvalue weighted by atomic mass is 9.97. The van der Waals surface area contributed by atoms with Crippen molar-refractivity contribution in [3.05, 3.63) is 0 Å². The first-order valence-corrected chi connectivity index (χ1v) is 8.56. The molecule has 0 aromatic heterocycles. The average Bonchev–Trinajstić information content (AvgIpc) is 2.76. The number of hydrogen-bond donors (Lipinski definition) is 1. The van der Waals surface area contributed by atoms with Crippen molar-refractivity contribution in [1.29, 1.82) is 0 Å². The monoisotopic (exact) mass is 281 g/mol. The van der Waals surface area contributed by atoms with Gasteiger partial charge in [0.2, 0.25) is 0 Å². The first-order valence-electron chi connectivity index (χ1n) is 8.56. The summed E-state index contributed by atoms with van der Waals surface area (Å²) in [7, 11) is 0. The van der Waals surface area contributed by atoms with Crippen molar-refractivity contribution in [3.8, 4) is 0 Å². The Morgan fingerprint density at radius 2 is 1.80 bits per heavy atom. The molecule has 116 valence electrons. The minimum absolute atomic E-state index is 0.298. The van der Waals surface area contributed by atoms with Crippen LogP contribution in [0, 0.1) is 5.92 Å². The fourth-order valence-corrected chi connectivity index (χ4v) is 3.37. The zero-order valence-electron chi connectivity index (χ0n) is 13.1. The number of carbonyl (C=O) groups is 1. The van der Waals surface area contributed by atoms with Gasteiger partial charge >= 0.3 is 6.03 Å². The average molecular weight is 281 g/mol. The van der Waals surface area contributed by atoms with Crippen LogP contribution in [0.25, 0.3) is 0 Å². The summed E-state index contributed by atoms with van der Waals surface area (Å²) in [5, 5.41) is 3.41. The standard InChI is InChI=1S/C16H31N3O/c1-2-11-19(14-15-7-9-17-10-8-15)16(20)18-12-5-3-4-6-13-18/h15,17H,2-14H2,1H3. The van der Waals surface area contributed by atoms with Crippen molar-refractivity contribution < 1.29 is 4.79 Å². The minimum Gasteiger partial charge on any atom is -0.325 e. The van der Waals surface area contributed by atoms with Crippen molar-refractivity contribution in [2.24, 2.45) is 5.92 Å². The minimum atomic E-state index is 0.298. The van der Waals surface area contributed by atoms with Crippen molar-refractivity contribution in [2.75, 3.05) is 39.3 Å². The van der Waals surface area contributed by atoms with Gasteiger partial charge in [-0.05, 0) is 51.1 Å². The maximum Gasteiger partial charge on any atom is 0.320 e. The highest BCUT2D eigenvalue weighted by Gasteiger charge is 2.24. The molecule has 2 heterocycles. The molecule has 0 spiro atoms. The molecule has 2 rings (SSSR count). The van der Waals surface area contributed by atoms with Gasteiger partial charge in [-0.3, -0.25) is 0 Å². The number of nitrogens with zero attached hydrogens (tertiary/aromatic N) is 2. The maximum absolute atomic E-state index is 12.8. The lowest BCUT2D eigenvalue weighted by Crippen LogP contribution is -2.47. The second-order valence-electron chi connectivity index (χ2n) is 6.32. The van der Waals surface area contributed by atoms with E-state index in [1.165, 1.54) is 38.5 Å². The van der Waals surface area contributed by atoms with Gasteiger partial charge in [-0.15, -0.1) is 0 Å². The lowest BCUT2D eigenvalue weighted by Gasteiger charge is -2.33. The molecule has 0 unspecified atom stereocenters. The van der Waals surface area contributed by atoms with Crippen LogP contribution in [-0.2, 0) is 0 Å². The summed E-state index contributed by atoms with van der Waals surface area (Å²) in [4.78, 5) is 17.0. The topological polar surface area (TPSA) is 35.6 Å². The highest BCUT2D eigenvalue weighted by atomic mass is 16.2. The van der Waals surface area contributed by atoms with Crippen LogP contribution in [0.3, 0.4) is 0 Å². The molecule has 0 saturated carbocycles. The normalized spacial score (nSPS) is 21.6. The molecule has 2 amide bonds. The first-order chi connectivity index (χ1) is 9.81. The largest absolute Gasteiger partial charge is 0.325 e. The molecule has 4 heteroatoms. The van der Waals surface area contributed by atoms with Gasteiger partial charge < -0.3 is 15.1 Å². The van der Waals surface area contributed by atoms with E-state index in [1.807, 2.05) is 0 Å². The van der Waals surface area contributed by atoms with E-state index < -0.39 is 0 Å². The van der Waals surface area contributed by atoms with Crippen LogP contribution in [0.5, 0.6) is 0 Å².